The quantitative estimate of drug-likeness (QED) is 0.796. The van der Waals surface area contributed by atoms with Gasteiger partial charge in [-0.1, -0.05) is 18.2 Å². The van der Waals surface area contributed by atoms with Gasteiger partial charge in [0.25, 0.3) is 5.92 Å². The van der Waals surface area contributed by atoms with E-state index in [1.54, 1.807) is 17.0 Å². The van der Waals surface area contributed by atoms with Crippen molar-refractivity contribution >= 4 is 5.97 Å². The maximum Gasteiger partial charge on any atom is 0.338 e. The molecular weight excluding hydrogens is 294 g/mol. The highest BCUT2D eigenvalue weighted by Crippen LogP contribution is 2.38. The monoisotopic (exact) mass is 314 g/mol. The summed E-state index contributed by atoms with van der Waals surface area (Å²) in [6.07, 6.45) is 0. The van der Waals surface area contributed by atoms with Crippen LogP contribution in [0.15, 0.2) is 24.3 Å². The van der Waals surface area contributed by atoms with Crippen molar-refractivity contribution in [1.82, 2.24) is 10.2 Å². The minimum Gasteiger partial charge on any atom is -0.465 e. The van der Waals surface area contributed by atoms with Crippen LogP contribution in [0.25, 0.3) is 0 Å². The number of hydrogen-bond acceptors (Lipinski definition) is 5. The molecule has 0 unspecified atom stereocenters. The van der Waals surface area contributed by atoms with Crippen LogP contribution < -0.4 is 5.32 Å². The molecule has 1 saturated heterocycles. The first-order valence-corrected chi connectivity index (χ1v) is 7.12. The van der Waals surface area contributed by atoms with Gasteiger partial charge in [-0.05, 0) is 11.6 Å². The van der Waals surface area contributed by atoms with Gasteiger partial charge in [-0.2, -0.15) is 0 Å². The number of ether oxygens (including phenoxy) is 1. The van der Waals surface area contributed by atoms with Crippen molar-refractivity contribution in [2.24, 2.45) is 0 Å². The van der Waals surface area contributed by atoms with Crippen molar-refractivity contribution in [3.63, 3.8) is 0 Å². The Kier molecular flexibility index (Phi) is 5.44. The van der Waals surface area contributed by atoms with E-state index in [0.717, 1.165) is 0 Å². The summed E-state index contributed by atoms with van der Waals surface area (Å²) < 4.78 is 33.4. The minimum atomic E-state index is -3.36. The van der Waals surface area contributed by atoms with Crippen molar-refractivity contribution in [3.05, 3.63) is 35.4 Å². The van der Waals surface area contributed by atoms with Crippen LogP contribution in [0, 0.1) is 0 Å². The second-order valence-corrected chi connectivity index (χ2v) is 5.19. The smallest absolute Gasteiger partial charge is 0.338 e. The number of aliphatic hydroxyl groups excluding tert-OH is 1. The number of nitrogens with one attached hydrogen (secondary N) is 1. The first kappa shape index (κ1) is 16.8. The third-order valence-electron chi connectivity index (χ3n) is 3.79. The zero-order chi connectivity index (χ0) is 16.2. The van der Waals surface area contributed by atoms with Crippen LogP contribution in [-0.4, -0.2) is 61.8 Å². The van der Waals surface area contributed by atoms with E-state index in [1.165, 1.54) is 19.2 Å². The number of rotatable bonds is 5. The summed E-state index contributed by atoms with van der Waals surface area (Å²) in [6, 6.07) is 4.79. The summed E-state index contributed by atoms with van der Waals surface area (Å²) >= 11 is 0. The van der Waals surface area contributed by atoms with Crippen LogP contribution in [0.2, 0.25) is 0 Å². The van der Waals surface area contributed by atoms with Gasteiger partial charge >= 0.3 is 5.97 Å². The van der Waals surface area contributed by atoms with Crippen LogP contribution in [0.5, 0.6) is 0 Å². The number of halogens is 2. The van der Waals surface area contributed by atoms with Crippen LogP contribution in [-0.2, 0) is 4.74 Å². The molecule has 0 aliphatic carbocycles. The first-order valence-electron chi connectivity index (χ1n) is 7.12. The van der Waals surface area contributed by atoms with E-state index in [4.69, 9.17) is 5.11 Å². The summed E-state index contributed by atoms with van der Waals surface area (Å²) in [5.41, 5.74) is 0.275. The molecule has 1 atom stereocenters. The number of esters is 1. The molecule has 1 aromatic carbocycles. The molecule has 0 amide bonds. The predicted molar refractivity (Wildman–Crippen MR) is 77.0 cm³/mol. The van der Waals surface area contributed by atoms with E-state index in [9.17, 15) is 13.6 Å². The van der Waals surface area contributed by atoms with Gasteiger partial charge < -0.3 is 15.2 Å². The van der Waals surface area contributed by atoms with E-state index < -0.39 is 24.5 Å². The minimum absolute atomic E-state index is 0.0988. The largest absolute Gasteiger partial charge is 0.465 e. The van der Waals surface area contributed by atoms with Crippen LogP contribution in [0.1, 0.15) is 22.0 Å². The van der Waals surface area contributed by atoms with Crippen LogP contribution >= 0.6 is 0 Å². The molecule has 0 radical (unpaired) electrons. The van der Waals surface area contributed by atoms with Gasteiger partial charge in [0.05, 0.1) is 12.7 Å². The number of methoxy groups -OCH3 is 1. The lowest BCUT2D eigenvalue weighted by Crippen LogP contribution is -2.51. The molecule has 0 bridgehead atoms. The Morgan fingerprint density at radius 3 is 2.64 bits per heavy atom. The fourth-order valence-corrected chi connectivity index (χ4v) is 2.75. The van der Waals surface area contributed by atoms with Crippen LogP contribution in [0.3, 0.4) is 0 Å². The van der Waals surface area contributed by atoms with Gasteiger partial charge in [0.1, 0.15) is 12.6 Å². The van der Waals surface area contributed by atoms with Gasteiger partial charge in [-0.25, -0.2) is 13.6 Å². The Balaban J connectivity index is 2.47. The molecule has 22 heavy (non-hydrogen) atoms. The first-order chi connectivity index (χ1) is 10.5. The SMILES string of the molecule is COC(=O)c1ccccc1[C@@H](N1CCNCC1)C(F)(F)CO. The van der Waals surface area contributed by atoms with Gasteiger partial charge in [0, 0.05) is 26.2 Å². The lowest BCUT2D eigenvalue weighted by Gasteiger charge is -2.39. The van der Waals surface area contributed by atoms with Crippen molar-refractivity contribution in [2.75, 3.05) is 39.9 Å². The van der Waals surface area contributed by atoms with Crippen LogP contribution in [0.4, 0.5) is 8.78 Å². The summed E-state index contributed by atoms with van der Waals surface area (Å²) in [4.78, 5) is 13.5. The predicted octanol–water partition coefficient (Wildman–Crippen LogP) is 1.05. The molecule has 0 spiro atoms. The number of carbonyl (C=O) groups is 1. The molecule has 122 valence electrons. The molecule has 1 aliphatic rings. The highest BCUT2D eigenvalue weighted by molar-refractivity contribution is 5.91. The van der Waals surface area contributed by atoms with E-state index in [2.05, 4.69) is 10.1 Å². The summed E-state index contributed by atoms with van der Waals surface area (Å²) in [5.74, 6) is -4.02. The summed E-state index contributed by atoms with van der Waals surface area (Å²) in [5, 5.41) is 12.2. The number of aliphatic hydroxyl groups is 1. The van der Waals surface area contributed by atoms with Gasteiger partial charge in [0.2, 0.25) is 0 Å². The number of alkyl halides is 2. The molecule has 2 rings (SSSR count). The highest BCUT2D eigenvalue weighted by Gasteiger charge is 2.45. The average Bonchev–Trinajstić information content (AvgIpc) is 2.55. The Morgan fingerprint density at radius 2 is 2.05 bits per heavy atom. The number of piperazine rings is 1. The lowest BCUT2D eigenvalue weighted by atomic mass is 9.93. The maximum absolute atomic E-state index is 14.4. The summed E-state index contributed by atoms with van der Waals surface area (Å²) in [7, 11) is 1.21. The van der Waals surface area contributed by atoms with Crippen molar-refractivity contribution in [2.45, 2.75) is 12.0 Å². The fraction of sp³-hybridized carbons (Fsp3) is 0.533. The third-order valence-corrected chi connectivity index (χ3v) is 3.79. The zero-order valence-electron chi connectivity index (χ0n) is 12.4. The number of benzene rings is 1. The fourth-order valence-electron chi connectivity index (χ4n) is 2.75. The second-order valence-electron chi connectivity index (χ2n) is 5.19. The van der Waals surface area contributed by atoms with Crippen molar-refractivity contribution in [1.29, 1.82) is 0 Å². The number of nitrogens with zero attached hydrogens (tertiary/aromatic N) is 1. The van der Waals surface area contributed by atoms with Crippen molar-refractivity contribution < 1.29 is 23.4 Å². The molecule has 1 fully saturated rings. The third kappa shape index (κ3) is 3.43. The summed E-state index contributed by atoms with van der Waals surface area (Å²) in [6.45, 7) is 0.708. The van der Waals surface area contributed by atoms with E-state index in [-0.39, 0.29) is 11.1 Å². The number of hydrogen-bond donors (Lipinski definition) is 2. The molecule has 7 heteroatoms. The number of carbonyl (C=O) groups excluding carboxylic acids is 1. The molecule has 0 saturated carbocycles. The Hall–Kier alpha value is -1.57. The van der Waals surface area contributed by atoms with E-state index in [0.29, 0.717) is 26.2 Å². The lowest BCUT2D eigenvalue weighted by molar-refractivity contribution is -0.118. The standard InChI is InChI=1S/C15H20F2N2O3/c1-22-14(21)12-5-3-2-4-11(12)13(15(16,17)10-20)19-8-6-18-7-9-19/h2-5,13,18,20H,6-10H2,1H3/t13-/m1/s1. The van der Waals surface area contributed by atoms with Gasteiger partial charge in [-0.3, -0.25) is 4.90 Å². The maximum atomic E-state index is 14.4. The Bertz CT molecular complexity index is 519. The van der Waals surface area contributed by atoms with Gasteiger partial charge in [0.15, 0.2) is 0 Å². The highest BCUT2D eigenvalue weighted by atomic mass is 19.3. The molecular formula is C15H20F2N2O3. The second kappa shape index (κ2) is 7.13. The average molecular weight is 314 g/mol. The molecule has 0 aromatic heterocycles. The molecule has 5 nitrogen and oxygen atoms in total. The topological polar surface area (TPSA) is 61.8 Å². The zero-order valence-corrected chi connectivity index (χ0v) is 12.4. The Morgan fingerprint density at radius 1 is 1.41 bits per heavy atom. The molecule has 1 aliphatic heterocycles. The molecule has 1 aromatic rings. The normalized spacial score (nSPS) is 18.0. The van der Waals surface area contributed by atoms with Crippen molar-refractivity contribution in [3.8, 4) is 0 Å². The Labute approximate surface area is 127 Å². The van der Waals surface area contributed by atoms with Gasteiger partial charge in [-0.15, -0.1) is 0 Å². The van der Waals surface area contributed by atoms with E-state index >= 15 is 0 Å². The van der Waals surface area contributed by atoms with E-state index in [1.807, 2.05) is 0 Å². The molecule has 1 heterocycles. The molecule has 2 N–H and O–H groups in total.